The zero-order valence-corrected chi connectivity index (χ0v) is 11.0. The number of benzene rings is 1. The van der Waals surface area contributed by atoms with Crippen molar-refractivity contribution < 1.29 is 19.4 Å². The summed E-state index contributed by atoms with van der Waals surface area (Å²) in [5.74, 6) is 0.505. The van der Waals surface area contributed by atoms with Crippen molar-refractivity contribution in [2.24, 2.45) is 5.92 Å². The van der Waals surface area contributed by atoms with Crippen LogP contribution in [0.25, 0.3) is 0 Å². The Labute approximate surface area is 112 Å². The van der Waals surface area contributed by atoms with Crippen LogP contribution in [0.3, 0.4) is 0 Å². The van der Waals surface area contributed by atoms with Gasteiger partial charge in [0.2, 0.25) is 0 Å². The Hall–Kier alpha value is -1.75. The standard InChI is InChI=1S/C14H19NO4/c1-18-12-4-2-3-5-13(12)19-9-8-15-7-6-11(10-15)14(16)17/h2-5,11H,6-10H2,1H3,(H,16,17)/t11-/m1/s1. The van der Waals surface area contributed by atoms with Gasteiger partial charge in [0.1, 0.15) is 6.61 Å². The molecule has 1 aromatic carbocycles. The Morgan fingerprint density at radius 3 is 2.79 bits per heavy atom. The molecule has 0 unspecified atom stereocenters. The molecule has 5 heteroatoms. The van der Waals surface area contributed by atoms with Gasteiger partial charge < -0.3 is 14.6 Å². The van der Waals surface area contributed by atoms with Gasteiger partial charge in [-0.1, -0.05) is 12.1 Å². The molecule has 1 heterocycles. The van der Waals surface area contributed by atoms with Gasteiger partial charge in [0.15, 0.2) is 11.5 Å². The lowest BCUT2D eigenvalue weighted by molar-refractivity contribution is -0.141. The van der Waals surface area contributed by atoms with Crippen molar-refractivity contribution in [3.05, 3.63) is 24.3 Å². The Kier molecular flexibility index (Phi) is 4.63. The van der Waals surface area contributed by atoms with E-state index in [4.69, 9.17) is 14.6 Å². The van der Waals surface area contributed by atoms with Gasteiger partial charge in [0.25, 0.3) is 0 Å². The van der Waals surface area contributed by atoms with Crippen molar-refractivity contribution in [1.29, 1.82) is 0 Å². The number of para-hydroxylation sites is 2. The van der Waals surface area contributed by atoms with Gasteiger partial charge in [0.05, 0.1) is 13.0 Å². The van der Waals surface area contributed by atoms with Gasteiger partial charge in [-0.25, -0.2) is 0 Å². The van der Waals surface area contributed by atoms with E-state index in [1.54, 1.807) is 7.11 Å². The third-order valence-corrected chi connectivity index (χ3v) is 3.36. The Morgan fingerprint density at radius 1 is 1.42 bits per heavy atom. The molecule has 1 atom stereocenters. The molecular weight excluding hydrogens is 246 g/mol. The fourth-order valence-electron chi connectivity index (χ4n) is 2.26. The van der Waals surface area contributed by atoms with Crippen LogP contribution in [0.2, 0.25) is 0 Å². The molecule has 19 heavy (non-hydrogen) atoms. The number of carboxylic acid groups (broad SMARTS) is 1. The average molecular weight is 265 g/mol. The van der Waals surface area contributed by atoms with Crippen LogP contribution in [0.1, 0.15) is 6.42 Å². The van der Waals surface area contributed by atoms with E-state index in [9.17, 15) is 4.79 Å². The fraction of sp³-hybridized carbons (Fsp3) is 0.500. The van der Waals surface area contributed by atoms with Crippen LogP contribution in [0.5, 0.6) is 11.5 Å². The number of hydrogen-bond acceptors (Lipinski definition) is 4. The summed E-state index contributed by atoms with van der Waals surface area (Å²) in [4.78, 5) is 13.0. The summed E-state index contributed by atoms with van der Waals surface area (Å²) in [6.07, 6.45) is 0.726. The van der Waals surface area contributed by atoms with Crippen LogP contribution in [-0.4, -0.2) is 49.3 Å². The third-order valence-electron chi connectivity index (χ3n) is 3.36. The van der Waals surface area contributed by atoms with E-state index in [1.807, 2.05) is 24.3 Å². The van der Waals surface area contributed by atoms with E-state index in [1.165, 1.54) is 0 Å². The molecule has 0 aliphatic carbocycles. The smallest absolute Gasteiger partial charge is 0.307 e. The molecule has 0 saturated carbocycles. The summed E-state index contributed by atoms with van der Waals surface area (Å²) >= 11 is 0. The first kappa shape index (κ1) is 13.7. The molecule has 1 aliphatic rings. The Balaban J connectivity index is 1.77. The van der Waals surface area contributed by atoms with Gasteiger partial charge in [-0.3, -0.25) is 9.69 Å². The van der Waals surface area contributed by atoms with E-state index in [0.29, 0.717) is 18.9 Å². The highest BCUT2D eigenvalue weighted by molar-refractivity contribution is 5.70. The minimum Gasteiger partial charge on any atom is -0.493 e. The molecular formula is C14H19NO4. The number of rotatable bonds is 6. The van der Waals surface area contributed by atoms with Crippen molar-refractivity contribution in [2.45, 2.75) is 6.42 Å². The second-order valence-corrected chi connectivity index (χ2v) is 4.62. The van der Waals surface area contributed by atoms with Gasteiger partial charge in [-0.15, -0.1) is 0 Å². The average Bonchev–Trinajstić information content (AvgIpc) is 2.88. The molecule has 0 amide bonds. The highest BCUT2D eigenvalue weighted by Gasteiger charge is 2.27. The minimum absolute atomic E-state index is 0.230. The van der Waals surface area contributed by atoms with E-state index in [2.05, 4.69) is 4.90 Å². The van der Waals surface area contributed by atoms with Crippen molar-refractivity contribution in [1.82, 2.24) is 4.90 Å². The Bertz CT molecular complexity index is 435. The van der Waals surface area contributed by atoms with Gasteiger partial charge >= 0.3 is 5.97 Å². The van der Waals surface area contributed by atoms with Crippen LogP contribution in [-0.2, 0) is 4.79 Å². The monoisotopic (exact) mass is 265 g/mol. The number of carbonyl (C=O) groups is 1. The number of aliphatic carboxylic acids is 1. The second-order valence-electron chi connectivity index (χ2n) is 4.62. The molecule has 1 aliphatic heterocycles. The molecule has 0 bridgehead atoms. The maximum Gasteiger partial charge on any atom is 0.307 e. The number of likely N-dealkylation sites (tertiary alicyclic amines) is 1. The third kappa shape index (κ3) is 3.61. The summed E-state index contributed by atoms with van der Waals surface area (Å²) < 4.78 is 10.9. The predicted molar refractivity (Wildman–Crippen MR) is 70.7 cm³/mol. The van der Waals surface area contributed by atoms with Crippen molar-refractivity contribution in [2.75, 3.05) is 33.4 Å². The van der Waals surface area contributed by atoms with Gasteiger partial charge in [-0.2, -0.15) is 0 Å². The predicted octanol–water partition coefficient (Wildman–Crippen LogP) is 1.48. The van der Waals surface area contributed by atoms with E-state index < -0.39 is 5.97 Å². The lowest BCUT2D eigenvalue weighted by atomic mass is 10.1. The normalized spacial score (nSPS) is 19.3. The quantitative estimate of drug-likeness (QED) is 0.844. The molecule has 0 spiro atoms. The first-order valence-electron chi connectivity index (χ1n) is 6.41. The number of methoxy groups -OCH3 is 1. The lowest BCUT2D eigenvalue weighted by Crippen LogP contribution is -2.27. The molecule has 0 radical (unpaired) electrons. The number of carboxylic acids is 1. The minimum atomic E-state index is -0.701. The van der Waals surface area contributed by atoms with E-state index in [0.717, 1.165) is 25.3 Å². The fourth-order valence-corrected chi connectivity index (χ4v) is 2.26. The number of ether oxygens (including phenoxy) is 2. The zero-order chi connectivity index (χ0) is 13.7. The van der Waals surface area contributed by atoms with E-state index in [-0.39, 0.29) is 5.92 Å². The summed E-state index contributed by atoms with van der Waals surface area (Å²) in [6.45, 7) is 2.71. The van der Waals surface area contributed by atoms with Crippen LogP contribution in [0.15, 0.2) is 24.3 Å². The summed E-state index contributed by atoms with van der Waals surface area (Å²) in [6, 6.07) is 7.51. The molecule has 0 aromatic heterocycles. The highest BCUT2D eigenvalue weighted by atomic mass is 16.5. The van der Waals surface area contributed by atoms with Gasteiger partial charge in [0, 0.05) is 13.1 Å². The molecule has 1 aromatic rings. The van der Waals surface area contributed by atoms with E-state index >= 15 is 0 Å². The molecule has 104 valence electrons. The van der Waals surface area contributed by atoms with Crippen LogP contribution < -0.4 is 9.47 Å². The summed E-state index contributed by atoms with van der Waals surface area (Å²) in [7, 11) is 1.61. The van der Waals surface area contributed by atoms with Crippen LogP contribution in [0, 0.1) is 5.92 Å². The van der Waals surface area contributed by atoms with Crippen molar-refractivity contribution >= 4 is 5.97 Å². The maximum atomic E-state index is 10.9. The molecule has 1 fully saturated rings. The van der Waals surface area contributed by atoms with Crippen LogP contribution in [0.4, 0.5) is 0 Å². The molecule has 2 rings (SSSR count). The van der Waals surface area contributed by atoms with Crippen molar-refractivity contribution in [3.63, 3.8) is 0 Å². The lowest BCUT2D eigenvalue weighted by Gasteiger charge is -2.16. The summed E-state index contributed by atoms with van der Waals surface area (Å²) in [5, 5.41) is 8.93. The number of nitrogens with zero attached hydrogens (tertiary/aromatic N) is 1. The number of hydrogen-bond donors (Lipinski definition) is 1. The molecule has 1 saturated heterocycles. The largest absolute Gasteiger partial charge is 0.493 e. The highest BCUT2D eigenvalue weighted by Crippen LogP contribution is 2.25. The summed E-state index contributed by atoms with van der Waals surface area (Å²) in [5.41, 5.74) is 0. The zero-order valence-electron chi connectivity index (χ0n) is 11.0. The molecule has 5 nitrogen and oxygen atoms in total. The molecule has 1 N–H and O–H groups in total. The maximum absolute atomic E-state index is 10.9. The second kappa shape index (κ2) is 6.43. The Morgan fingerprint density at radius 2 is 2.16 bits per heavy atom. The van der Waals surface area contributed by atoms with Crippen molar-refractivity contribution in [3.8, 4) is 11.5 Å². The first-order chi connectivity index (χ1) is 9.20. The first-order valence-corrected chi connectivity index (χ1v) is 6.41. The van der Waals surface area contributed by atoms with Crippen LogP contribution >= 0.6 is 0 Å². The van der Waals surface area contributed by atoms with Gasteiger partial charge in [-0.05, 0) is 25.1 Å². The SMILES string of the molecule is COc1ccccc1OCCN1CC[C@@H](C(=O)O)C1. The topological polar surface area (TPSA) is 59.0 Å².